The molecule has 2 aromatic carbocycles. The largest absolute Gasteiger partial charge is 0.500 e. The second kappa shape index (κ2) is 6.71. The number of carbonyl (C=O) groups excluding carboxylic acids is 1. The van der Waals surface area contributed by atoms with Gasteiger partial charge in [0.2, 0.25) is 5.75 Å². The minimum absolute atomic E-state index is 0.0859. The number of nitro benzene ring substituents is 1. The van der Waals surface area contributed by atoms with E-state index in [-0.39, 0.29) is 23.5 Å². The first kappa shape index (κ1) is 15.5. The van der Waals surface area contributed by atoms with Gasteiger partial charge in [-0.2, -0.15) is 0 Å². The van der Waals surface area contributed by atoms with E-state index in [1.165, 1.54) is 13.2 Å². The monoisotopic (exact) mass is 301 g/mol. The number of rotatable bonds is 6. The lowest BCUT2D eigenvalue weighted by molar-refractivity contribution is -0.386. The summed E-state index contributed by atoms with van der Waals surface area (Å²) in [4.78, 5) is 22.4. The molecule has 0 aliphatic rings. The topological polar surface area (TPSA) is 89.7 Å². The third-order valence-corrected chi connectivity index (χ3v) is 3.28. The van der Waals surface area contributed by atoms with Gasteiger partial charge in [-0.25, -0.2) is 0 Å². The predicted molar refractivity (Wildman–Crippen MR) is 80.4 cm³/mol. The third kappa shape index (κ3) is 3.41. The number of nitrogens with zero attached hydrogens (tertiary/aromatic N) is 1. The van der Waals surface area contributed by atoms with Crippen LogP contribution in [0.4, 0.5) is 5.69 Å². The number of phenols is 1. The molecular weight excluding hydrogens is 286 g/mol. The zero-order chi connectivity index (χ0) is 16.1. The molecule has 2 aromatic rings. The van der Waals surface area contributed by atoms with Crippen molar-refractivity contribution in [2.75, 3.05) is 7.11 Å². The van der Waals surface area contributed by atoms with E-state index in [2.05, 4.69) is 0 Å². The maximum absolute atomic E-state index is 12.2. The van der Waals surface area contributed by atoms with Crippen LogP contribution in [-0.2, 0) is 6.42 Å². The van der Waals surface area contributed by atoms with E-state index in [4.69, 9.17) is 4.74 Å². The number of aromatic hydroxyl groups is 1. The summed E-state index contributed by atoms with van der Waals surface area (Å²) in [6, 6.07) is 11.9. The Morgan fingerprint density at radius 3 is 2.55 bits per heavy atom. The van der Waals surface area contributed by atoms with Gasteiger partial charge in [0.05, 0.1) is 12.0 Å². The van der Waals surface area contributed by atoms with Crippen molar-refractivity contribution < 1.29 is 19.6 Å². The number of hydrogen-bond donors (Lipinski definition) is 1. The number of Topliss-reactive ketones (excluding diaryl/α,β-unsaturated/α-hetero) is 1. The van der Waals surface area contributed by atoms with Crippen molar-refractivity contribution >= 4 is 11.5 Å². The maximum Gasteiger partial charge on any atom is 0.315 e. The first-order valence-corrected chi connectivity index (χ1v) is 6.65. The fourth-order valence-electron chi connectivity index (χ4n) is 2.10. The molecule has 0 saturated heterocycles. The fraction of sp³-hybridized carbons (Fsp3) is 0.188. The van der Waals surface area contributed by atoms with E-state index in [9.17, 15) is 20.0 Å². The molecule has 1 N–H and O–H groups in total. The van der Waals surface area contributed by atoms with Crippen LogP contribution in [0.25, 0.3) is 0 Å². The second-order valence-electron chi connectivity index (χ2n) is 4.71. The number of benzene rings is 2. The molecule has 0 fully saturated rings. The Hall–Kier alpha value is -2.89. The zero-order valence-corrected chi connectivity index (χ0v) is 12.0. The van der Waals surface area contributed by atoms with E-state index >= 15 is 0 Å². The highest BCUT2D eigenvalue weighted by atomic mass is 16.6. The molecule has 22 heavy (non-hydrogen) atoms. The Bertz CT molecular complexity index is 697. The summed E-state index contributed by atoms with van der Waals surface area (Å²) < 4.78 is 4.88. The maximum atomic E-state index is 12.2. The minimum Gasteiger partial charge on any atom is -0.500 e. The lowest BCUT2D eigenvalue weighted by atomic mass is 10.0. The van der Waals surface area contributed by atoms with E-state index in [0.717, 1.165) is 11.6 Å². The Labute approximate surface area is 127 Å². The predicted octanol–water partition coefficient (Wildman–Crippen LogP) is 3.12. The minimum atomic E-state index is -0.744. The smallest absolute Gasteiger partial charge is 0.315 e. The quantitative estimate of drug-likeness (QED) is 0.503. The number of ketones is 1. The van der Waals surface area contributed by atoms with Crippen molar-refractivity contribution in [2.24, 2.45) is 0 Å². The molecule has 0 aliphatic heterocycles. The number of aryl methyl sites for hydroxylation is 1. The zero-order valence-electron chi connectivity index (χ0n) is 12.0. The van der Waals surface area contributed by atoms with Gasteiger partial charge in [-0.05, 0) is 18.1 Å². The molecule has 6 nitrogen and oxygen atoms in total. The summed E-state index contributed by atoms with van der Waals surface area (Å²) in [6.07, 6.45) is 0.756. The lowest BCUT2D eigenvalue weighted by Crippen LogP contribution is -2.03. The van der Waals surface area contributed by atoms with Crippen molar-refractivity contribution in [2.45, 2.75) is 12.8 Å². The van der Waals surface area contributed by atoms with Crippen LogP contribution in [0.15, 0.2) is 42.5 Å². The van der Waals surface area contributed by atoms with Gasteiger partial charge in [-0.1, -0.05) is 30.3 Å². The van der Waals surface area contributed by atoms with Crippen molar-refractivity contribution in [3.05, 3.63) is 63.7 Å². The summed E-state index contributed by atoms with van der Waals surface area (Å²) in [6.45, 7) is 0. The number of nitro groups is 1. The summed E-state index contributed by atoms with van der Waals surface area (Å²) in [5.41, 5.74) is 0.621. The van der Waals surface area contributed by atoms with Crippen LogP contribution < -0.4 is 4.74 Å². The van der Waals surface area contributed by atoms with Gasteiger partial charge < -0.3 is 9.84 Å². The van der Waals surface area contributed by atoms with Gasteiger partial charge in [0.25, 0.3) is 0 Å². The summed E-state index contributed by atoms with van der Waals surface area (Å²) in [5, 5.41) is 20.6. The molecule has 0 unspecified atom stereocenters. The van der Waals surface area contributed by atoms with Crippen molar-refractivity contribution in [1.29, 1.82) is 0 Å². The molecule has 2 rings (SSSR count). The van der Waals surface area contributed by atoms with Crippen molar-refractivity contribution in [1.82, 2.24) is 0 Å². The van der Waals surface area contributed by atoms with Crippen LogP contribution in [-0.4, -0.2) is 22.9 Å². The normalized spacial score (nSPS) is 10.2. The van der Waals surface area contributed by atoms with Gasteiger partial charge in [-0.3, -0.25) is 14.9 Å². The summed E-state index contributed by atoms with van der Waals surface area (Å²) in [5.74, 6) is -0.908. The van der Waals surface area contributed by atoms with Crippen LogP contribution in [0.5, 0.6) is 11.5 Å². The Balaban J connectivity index is 2.22. The average Bonchev–Trinajstić information content (AvgIpc) is 2.53. The highest BCUT2D eigenvalue weighted by Crippen LogP contribution is 2.37. The van der Waals surface area contributed by atoms with E-state index in [1.54, 1.807) is 0 Å². The van der Waals surface area contributed by atoms with E-state index in [0.29, 0.717) is 6.42 Å². The highest BCUT2D eigenvalue weighted by molar-refractivity contribution is 5.97. The molecule has 0 amide bonds. The molecule has 0 saturated carbocycles. The molecule has 0 aliphatic carbocycles. The van der Waals surface area contributed by atoms with Gasteiger partial charge in [0.1, 0.15) is 0 Å². The summed E-state index contributed by atoms with van der Waals surface area (Å²) in [7, 11) is 1.27. The van der Waals surface area contributed by atoms with Crippen molar-refractivity contribution in [3.63, 3.8) is 0 Å². The van der Waals surface area contributed by atoms with E-state index in [1.807, 2.05) is 30.3 Å². The Morgan fingerprint density at radius 1 is 1.27 bits per heavy atom. The van der Waals surface area contributed by atoms with Gasteiger partial charge in [-0.15, -0.1) is 0 Å². The lowest BCUT2D eigenvalue weighted by Gasteiger charge is -2.07. The first-order chi connectivity index (χ1) is 10.5. The van der Waals surface area contributed by atoms with Gasteiger partial charge in [0, 0.05) is 18.1 Å². The van der Waals surface area contributed by atoms with Crippen molar-refractivity contribution in [3.8, 4) is 11.5 Å². The van der Waals surface area contributed by atoms with Crippen LogP contribution in [0.3, 0.4) is 0 Å². The van der Waals surface area contributed by atoms with Crippen LogP contribution >= 0.6 is 0 Å². The number of phenolic OH excluding ortho intramolecular Hbond substituents is 1. The number of ether oxygens (including phenoxy) is 1. The molecule has 0 radical (unpaired) electrons. The van der Waals surface area contributed by atoms with Crippen LogP contribution in [0.1, 0.15) is 22.3 Å². The molecule has 0 aromatic heterocycles. The average molecular weight is 301 g/mol. The molecule has 114 valence electrons. The van der Waals surface area contributed by atoms with E-state index < -0.39 is 16.4 Å². The number of carbonyl (C=O) groups is 1. The molecule has 0 heterocycles. The summed E-state index contributed by atoms with van der Waals surface area (Å²) >= 11 is 0. The van der Waals surface area contributed by atoms with Gasteiger partial charge in [0.15, 0.2) is 11.5 Å². The Morgan fingerprint density at radius 2 is 1.95 bits per heavy atom. The molecule has 6 heteroatoms. The molecule has 0 atom stereocenters. The Kier molecular flexibility index (Phi) is 4.73. The first-order valence-electron chi connectivity index (χ1n) is 6.65. The SMILES string of the molecule is COc1cc(C(=O)CCc2ccccc2)cc([N+](=O)[O-])c1O. The molecule has 0 bridgehead atoms. The second-order valence-corrected chi connectivity index (χ2v) is 4.71. The molecular formula is C16H15NO5. The van der Waals surface area contributed by atoms with Crippen LogP contribution in [0, 0.1) is 10.1 Å². The highest BCUT2D eigenvalue weighted by Gasteiger charge is 2.22. The number of methoxy groups -OCH3 is 1. The number of hydrogen-bond acceptors (Lipinski definition) is 5. The standard InChI is InChI=1S/C16H15NO5/c1-22-15-10-12(9-13(16(15)19)17(20)21)14(18)8-7-11-5-3-2-4-6-11/h2-6,9-10,19H,7-8H2,1H3. The van der Waals surface area contributed by atoms with Crippen LogP contribution in [0.2, 0.25) is 0 Å². The van der Waals surface area contributed by atoms with Gasteiger partial charge >= 0.3 is 5.69 Å². The molecule has 0 spiro atoms. The fourth-order valence-corrected chi connectivity index (χ4v) is 2.10. The third-order valence-electron chi connectivity index (χ3n) is 3.28.